The van der Waals surface area contributed by atoms with Crippen LogP contribution >= 0.6 is 11.5 Å². The van der Waals surface area contributed by atoms with E-state index in [0.29, 0.717) is 17.3 Å². The van der Waals surface area contributed by atoms with Crippen molar-refractivity contribution >= 4 is 17.4 Å². The summed E-state index contributed by atoms with van der Waals surface area (Å²) in [7, 11) is 0. The van der Waals surface area contributed by atoms with E-state index in [1.165, 1.54) is 11.5 Å². The first kappa shape index (κ1) is 14.5. The molecule has 3 aliphatic rings. The van der Waals surface area contributed by atoms with E-state index in [2.05, 4.69) is 14.9 Å². The van der Waals surface area contributed by atoms with Gasteiger partial charge in [0.05, 0.1) is 17.4 Å². The number of rotatable bonds is 4. The average molecular weight is 323 g/mol. The second-order valence-electron chi connectivity index (χ2n) is 6.55. The first-order valence-corrected chi connectivity index (χ1v) is 8.89. The number of nitrogens with zero attached hydrogens (tertiary/aromatic N) is 2. The molecule has 1 atom stereocenters. The van der Waals surface area contributed by atoms with E-state index in [1.54, 1.807) is 0 Å². The van der Waals surface area contributed by atoms with Gasteiger partial charge in [0.25, 0.3) is 5.91 Å². The van der Waals surface area contributed by atoms with Crippen LogP contribution < -0.4 is 5.32 Å². The van der Waals surface area contributed by atoms with Gasteiger partial charge in [-0.25, -0.2) is 0 Å². The lowest BCUT2D eigenvalue weighted by atomic mass is 9.91. The highest BCUT2D eigenvalue weighted by Crippen LogP contribution is 2.41. The molecule has 7 heteroatoms. The summed E-state index contributed by atoms with van der Waals surface area (Å²) in [5.74, 6) is 0.404. The van der Waals surface area contributed by atoms with Crippen molar-refractivity contribution in [1.29, 1.82) is 0 Å². The Kier molecular flexibility index (Phi) is 3.88. The summed E-state index contributed by atoms with van der Waals surface area (Å²) >= 11 is 1.20. The molecule has 1 aliphatic carbocycles. The van der Waals surface area contributed by atoms with E-state index in [4.69, 9.17) is 9.47 Å². The molecule has 4 rings (SSSR count). The molecule has 120 valence electrons. The van der Waals surface area contributed by atoms with Crippen molar-refractivity contribution in [3.63, 3.8) is 0 Å². The second kappa shape index (κ2) is 5.86. The number of carbonyl (C=O) groups is 1. The van der Waals surface area contributed by atoms with E-state index in [-0.39, 0.29) is 17.6 Å². The highest BCUT2D eigenvalue weighted by Gasteiger charge is 2.41. The molecule has 1 aromatic heterocycles. The zero-order chi connectivity index (χ0) is 15.0. The molecule has 0 aromatic carbocycles. The second-order valence-corrected chi connectivity index (χ2v) is 7.30. The minimum absolute atomic E-state index is 0.00113. The summed E-state index contributed by atoms with van der Waals surface area (Å²) in [6.07, 6.45) is 6.41. The Bertz CT molecular complexity index is 552. The molecule has 6 nitrogen and oxygen atoms in total. The zero-order valence-corrected chi connectivity index (χ0v) is 13.4. The first-order valence-electron chi connectivity index (χ1n) is 8.12. The van der Waals surface area contributed by atoms with E-state index < -0.39 is 0 Å². The Hall–Kier alpha value is -1.05. The number of nitrogens with one attached hydrogen (secondary N) is 1. The van der Waals surface area contributed by atoms with Crippen molar-refractivity contribution in [3.05, 3.63) is 10.6 Å². The van der Waals surface area contributed by atoms with Crippen LogP contribution in [-0.4, -0.2) is 47.0 Å². The molecular formula is C15H21N3O3S. The van der Waals surface area contributed by atoms with Crippen molar-refractivity contribution in [2.75, 3.05) is 19.8 Å². The van der Waals surface area contributed by atoms with Crippen LogP contribution in [0, 0.1) is 0 Å². The van der Waals surface area contributed by atoms with Gasteiger partial charge in [0.15, 0.2) is 0 Å². The van der Waals surface area contributed by atoms with Crippen LogP contribution in [0.1, 0.15) is 59.8 Å². The number of ether oxygens (including phenoxy) is 2. The number of aromatic nitrogens is 2. The summed E-state index contributed by atoms with van der Waals surface area (Å²) in [6, 6.07) is 0. The molecule has 3 fully saturated rings. The Morgan fingerprint density at radius 3 is 2.86 bits per heavy atom. The molecule has 0 bridgehead atoms. The van der Waals surface area contributed by atoms with Gasteiger partial charge in [0.1, 0.15) is 4.88 Å². The van der Waals surface area contributed by atoms with Crippen molar-refractivity contribution in [1.82, 2.24) is 14.9 Å². The molecule has 3 heterocycles. The van der Waals surface area contributed by atoms with E-state index >= 15 is 0 Å². The number of amides is 1. The van der Waals surface area contributed by atoms with Crippen LogP contribution in [0.25, 0.3) is 0 Å². The van der Waals surface area contributed by atoms with E-state index in [9.17, 15) is 4.79 Å². The maximum atomic E-state index is 12.3. The molecule has 1 N–H and O–H groups in total. The van der Waals surface area contributed by atoms with Crippen LogP contribution in [0.15, 0.2) is 0 Å². The molecule has 2 saturated heterocycles. The summed E-state index contributed by atoms with van der Waals surface area (Å²) in [6.45, 7) is 2.15. The van der Waals surface area contributed by atoms with Gasteiger partial charge in [0, 0.05) is 25.7 Å². The third-order valence-corrected chi connectivity index (χ3v) is 5.66. The minimum Gasteiger partial charge on any atom is -0.381 e. The Morgan fingerprint density at radius 2 is 2.09 bits per heavy atom. The van der Waals surface area contributed by atoms with Gasteiger partial charge in [0.2, 0.25) is 0 Å². The third-order valence-electron chi connectivity index (χ3n) is 4.92. The molecule has 1 saturated carbocycles. The molecule has 2 aliphatic heterocycles. The van der Waals surface area contributed by atoms with Gasteiger partial charge in [-0.1, -0.05) is 4.49 Å². The zero-order valence-electron chi connectivity index (χ0n) is 12.5. The lowest BCUT2D eigenvalue weighted by Gasteiger charge is -2.33. The maximum absolute atomic E-state index is 12.3. The van der Waals surface area contributed by atoms with Crippen molar-refractivity contribution in [3.8, 4) is 0 Å². The average Bonchev–Trinajstić information content (AvgIpc) is 3.14. The van der Waals surface area contributed by atoms with Gasteiger partial charge in [-0.15, -0.1) is 5.10 Å². The van der Waals surface area contributed by atoms with Crippen molar-refractivity contribution < 1.29 is 14.3 Å². The molecule has 22 heavy (non-hydrogen) atoms. The summed E-state index contributed by atoms with van der Waals surface area (Å²) in [5, 5.41) is 7.12. The Labute approximate surface area is 133 Å². The SMILES string of the molecule is O=C(NCC1CCC2(CCOCC2)O1)c1snnc1C1CC1. The van der Waals surface area contributed by atoms with Crippen molar-refractivity contribution in [2.45, 2.75) is 56.1 Å². The lowest BCUT2D eigenvalue weighted by Crippen LogP contribution is -2.38. The van der Waals surface area contributed by atoms with Gasteiger partial charge in [-0.2, -0.15) is 0 Å². The molecule has 0 radical (unpaired) electrons. The van der Waals surface area contributed by atoms with Crippen molar-refractivity contribution in [2.24, 2.45) is 0 Å². The Balaban J connectivity index is 1.31. The number of hydrogen-bond donors (Lipinski definition) is 1. The summed E-state index contributed by atoms with van der Waals surface area (Å²) in [4.78, 5) is 13.0. The van der Waals surface area contributed by atoms with Gasteiger partial charge in [-0.3, -0.25) is 4.79 Å². The largest absolute Gasteiger partial charge is 0.381 e. The standard InChI is InChI=1S/C15H21N3O3S/c19-14(13-12(10-1-2-10)17-18-22-13)16-9-11-3-4-15(21-11)5-7-20-8-6-15/h10-11H,1-9H2,(H,16,19). The summed E-state index contributed by atoms with van der Waals surface area (Å²) < 4.78 is 15.6. The van der Waals surface area contributed by atoms with Gasteiger partial charge < -0.3 is 14.8 Å². The first-order chi connectivity index (χ1) is 10.8. The van der Waals surface area contributed by atoms with Crippen LogP contribution in [0.2, 0.25) is 0 Å². The Morgan fingerprint density at radius 1 is 1.27 bits per heavy atom. The predicted molar refractivity (Wildman–Crippen MR) is 81.1 cm³/mol. The molecule has 1 spiro atoms. The monoisotopic (exact) mass is 323 g/mol. The highest BCUT2D eigenvalue weighted by atomic mass is 32.1. The lowest BCUT2D eigenvalue weighted by molar-refractivity contribution is -0.102. The third kappa shape index (κ3) is 2.89. The number of hydrogen-bond acceptors (Lipinski definition) is 6. The fourth-order valence-corrected chi connectivity index (χ4v) is 4.08. The fourth-order valence-electron chi connectivity index (χ4n) is 3.42. The molecule has 1 aromatic rings. The normalized spacial score (nSPS) is 27.2. The molecular weight excluding hydrogens is 302 g/mol. The fraction of sp³-hybridized carbons (Fsp3) is 0.800. The van der Waals surface area contributed by atoms with Gasteiger partial charge in [-0.05, 0) is 50.1 Å². The molecule has 1 unspecified atom stereocenters. The summed E-state index contributed by atoms with van der Waals surface area (Å²) in [5.41, 5.74) is 0.884. The van der Waals surface area contributed by atoms with Crippen LogP contribution in [-0.2, 0) is 9.47 Å². The smallest absolute Gasteiger partial charge is 0.265 e. The van der Waals surface area contributed by atoms with Crippen LogP contribution in [0.3, 0.4) is 0 Å². The van der Waals surface area contributed by atoms with Crippen LogP contribution in [0.5, 0.6) is 0 Å². The topological polar surface area (TPSA) is 73.3 Å². The predicted octanol–water partition coefficient (Wildman–Crippen LogP) is 1.87. The molecule has 1 amide bonds. The van der Waals surface area contributed by atoms with Crippen LogP contribution in [0.4, 0.5) is 0 Å². The number of carbonyl (C=O) groups excluding carboxylic acids is 1. The minimum atomic E-state index is -0.0478. The quantitative estimate of drug-likeness (QED) is 0.916. The van der Waals surface area contributed by atoms with E-state index in [0.717, 1.165) is 57.4 Å². The van der Waals surface area contributed by atoms with Gasteiger partial charge >= 0.3 is 0 Å². The maximum Gasteiger partial charge on any atom is 0.265 e. The van der Waals surface area contributed by atoms with E-state index in [1.807, 2.05) is 0 Å². The highest BCUT2D eigenvalue weighted by molar-refractivity contribution is 7.08.